The second kappa shape index (κ2) is 11.2. The number of ether oxygens (including phenoxy) is 3. The van der Waals surface area contributed by atoms with Gasteiger partial charge in [-0.05, 0) is 117 Å². The molecule has 0 heterocycles. The molecule has 0 saturated heterocycles. The van der Waals surface area contributed by atoms with E-state index in [0.717, 1.165) is 32.1 Å². The zero-order chi connectivity index (χ0) is 31.6. The maximum absolute atomic E-state index is 12.7. The number of hydrogen-bond donors (Lipinski definition) is 0. The van der Waals surface area contributed by atoms with Crippen molar-refractivity contribution in [3.63, 3.8) is 0 Å². The van der Waals surface area contributed by atoms with Crippen molar-refractivity contribution in [3.8, 4) is 0 Å². The molecule has 0 aromatic carbocycles. The highest BCUT2D eigenvalue weighted by molar-refractivity contribution is 5.77. The minimum atomic E-state index is -0.374. The van der Waals surface area contributed by atoms with Crippen molar-refractivity contribution < 1.29 is 28.6 Å². The van der Waals surface area contributed by atoms with Crippen LogP contribution in [0.1, 0.15) is 126 Å². The van der Waals surface area contributed by atoms with Crippen LogP contribution in [0, 0.1) is 56.7 Å². The summed E-state index contributed by atoms with van der Waals surface area (Å²) in [5, 5.41) is 0. The van der Waals surface area contributed by atoms with Crippen LogP contribution in [0.4, 0.5) is 0 Å². The fourth-order valence-electron chi connectivity index (χ4n) is 12.5. The Morgan fingerprint density at radius 1 is 0.767 bits per heavy atom. The Morgan fingerprint density at radius 3 is 2.12 bits per heavy atom. The molecule has 0 N–H and O–H groups in total. The first-order chi connectivity index (χ1) is 20.1. The van der Waals surface area contributed by atoms with Crippen LogP contribution in [0.25, 0.3) is 0 Å². The van der Waals surface area contributed by atoms with Gasteiger partial charge in [-0.2, -0.15) is 0 Å². The van der Waals surface area contributed by atoms with Crippen LogP contribution in [0.2, 0.25) is 0 Å². The third-order valence-corrected chi connectivity index (χ3v) is 14.8. The van der Waals surface area contributed by atoms with Crippen LogP contribution in [-0.2, 0) is 28.6 Å². The van der Waals surface area contributed by atoms with Gasteiger partial charge in [-0.25, -0.2) is 0 Å². The molecule has 0 spiro atoms. The van der Waals surface area contributed by atoms with E-state index in [9.17, 15) is 14.4 Å². The van der Waals surface area contributed by atoms with Crippen molar-refractivity contribution in [2.75, 3.05) is 13.7 Å². The van der Waals surface area contributed by atoms with Gasteiger partial charge >= 0.3 is 17.9 Å². The van der Waals surface area contributed by atoms with Crippen LogP contribution >= 0.6 is 0 Å². The smallest absolute Gasteiger partial charge is 0.306 e. The molecule has 242 valence electrons. The summed E-state index contributed by atoms with van der Waals surface area (Å²) < 4.78 is 16.6. The summed E-state index contributed by atoms with van der Waals surface area (Å²) in [6, 6.07) is 0. The quantitative estimate of drug-likeness (QED) is 0.168. The minimum absolute atomic E-state index is 0.0686. The molecule has 0 radical (unpaired) electrons. The molecular formula is C37H58O6. The summed E-state index contributed by atoms with van der Waals surface area (Å²) in [7, 11) is 1.35. The number of methoxy groups -OCH3 is 1. The van der Waals surface area contributed by atoms with Gasteiger partial charge in [0.05, 0.1) is 26.6 Å². The first kappa shape index (κ1) is 32.5. The zero-order valence-electron chi connectivity index (χ0n) is 28.3. The lowest BCUT2D eigenvalue weighted by Gasteiger charge is -2.73. The van der Waals surface area contributed by atoms with Gasteiger partial charge in [0.2, 0.25) is 0 Å². The maximum Gasteiger partial charge on any atom is 0.306 e. The molecule has 5 aliphatic rings. The molecule has 0 bridgehead atoms. The van der Waals surface area contributed by atoms with E-state index in [-0.39, 0.29) is 63.9 Å². The largest absolute Gasteiger partial charge is 0.469 e. The van der Waals surface area contributed by atoms with Crippen molar-refractivity contribution in [1.82, 2.24) is 0 Å². The average molecular weight is 599 g/mol. The van der Waals surface area contributed by atoms with E-state index >= 15 is 0 Å². The summed E-state index contributed by atoms with van der Waals surface area (Å²) >= 11 is 0. The van der Waals surface area contributed by atoms with E-state index in [0.29, 0.717) is 36.2 Å². The molecule has 10 atom stereocenters. The Balaban J connectivity index is 1.40. The highest BCUT2D eigenvalue weighted by Gasteiger charge is 2.71. The standard InChI is InChI=1S/C37H58O6/c1-23(2)25-14-19-37(22-42-24(3)38)21-20-35(7)26(32(25)37)10-11-28-34(6)17-16-29(43-31(40)13-12-30(39)41-9)33(4,5)27(34)15-18-36(28,35)8/h25-29,32H,1,10-22H2,2-9H3/t25-,26+,27-,28-,29-,32+,34-,35+,36+,37+/m0/s1. The Hall–Kier alpha value is -1.85. The number of hydrogen-bond acceptors (Lipinski definition) is 6. The molecule has 5 rings (SSSR count). The lowest BCUT2D eigenvalue weighted by molar-refractivity contribution is -0.252. The molecule has 6 heteroatoms. The Labute approximate surface area is 260 Å². The fraction of sp³-hybridized carbons (Fsp3) is 0.865. The SMILES string of the molecule is C=C(C)[C@@H]1CC[C@]2(COC(C)=O)CC[C@]3(C)[C@H](CC[C@H]4[C@@]5(C)CC[C@H](OC(=O)CCC(=O)OC)C(C)(C)[C@@H]5CC[C@]43C)[C@@H]12. The molecule has 6 nitrogen and oxygen atoms in total. The van der Waals surface area contributed by atoms with Crippen molar-refractivity contribution in [1.29, 1.82) is 0 Å². The van der Waals surface area contributed by atoms with Gasteiger partial charge in [0.15, 0.2) is 0 Å². The molecular weight excluding hydrogens is 540 g/mol. The van der Waals surface area contributed by atoms with E-state index in [1.165, 1.54) is 44.8 Å². The van der Waals surface area contributed by atoms with E-state index < -0.39 is 0 Å². The Bertz CT molecular complexity index is 1140. The predicted octanol–water partition coefficient (Wildman–Crippen LogP) is 8.07. The number of carbonyl (C=O) groups is 3. The van der Waals surface area contributed by atoms with Gasteiger partial charge in [0, 0.05) is 17.8 Å². The second-order valence-corrected chi connectivity index (χ2v) is 16.7. The summed E-state index contributed by atoms with van der Waals surface area (Å²) in [6.45, 7) is 21.3. The van der Waals surface area contributed by atoms with Gasteiger partial charge in [-0.15, -0.1) is 0 Å². The monoisotopic (exact) mass is 598 g/mol. The highest BCUT2D eigenvalue weighted by Crippen LogP contribution is 2.77. The second-order valence-electron chi connectivity index (χ2n) is 16.7. The average Bonchev–Trinajstić information content (AvgIpc) is 3.33. The van der Waals surface area contributed by atoms with E-state index in [1.54, 1.807) is 6.92 Å². The molecule has 0 aromatic heterocycles. The van der Waals surface area contributed by atoms with Crippen LogP contribution in [0.5, 0.6) is 0 Å². The van der Waals surface area contributed by atoms with Crippen molar-refractivity contribution in [2.45, 2.75) is 132 Å². The first-order valence-electron chi connectivity index (χ1n) is 17.1. The number of esters is 3. The highest BCUT2D eigenvalue weighted by atomic mass is 16.5. The van der Waals surface area contributed by atoms with E-state index in [4.69, 9.17) is 14.2 Å². The fourth-order valence-corrected chi connectivity index (χ4v) is 12.5. The van der Waals surface area contributed by atoms with Gasteiger partial charge in [0.25, 0.3) is 0 Å². The van der Waals surface area contributed by atoms with Gasteiger partial charge in [0.1, 0.15) is 6.10 Å². The molecule has 5 saturated carbocycles. The lowest BCUT2D eigenvalue weighted by Crippen LogP contribution is -2.67. The molecule has 5 fully saturated rings. The Morgan fingerprint density at radius 2 is 1.47 bits per heavy atom. The maximum atomic E-state index is 12.7. The molecule has 0 unspecified atom stereocenters. The molecule has 5 aliphatic carbocycles. The van der Waals surface area contributed by atoms with Crippen molar-refractivity contribution in [2.24, 2.45) is 56.7 Å². The summed E-state index contributed by atoms with van der Waals surface area (Å²) in [5.41, 5.74) is 1.92. The summed E-state index contributed by atoms with van der Waals surface area (Å²) in [5.74, 6) is 1.94. The molecule has 0 amide bonds. The van der Waals surface area contributed by atoms with Gasteiger partial charge in [-0.1, -0.05) is 46.8 Å². The predicted molar refractivity (Wildman–Crippen MR) is 167 cm³/mol. The molecule has 0 aliphatic heterocycles. The third kappa shape index (κ3) is 5.00. The van der Waals surface area contributed by atoms with Crippen LogP contribution in [-0.4, -0.2) is 37.7 Å². The summed E-state index contributed by atoms with van der Waals surface area (Å²) in [4.78, 5) is 36.3. The van der Waals surface area contributed by atoms with Crippen molar-refractivity contribution >= 4 is 17.9 Å². The Kier molecular flexibility index (Phi) is 8.47. The first-order valence-corrected chi connectivity index (χ1v) is 17.1. The molecule has 43 heavy (non-hydrogen) atoms. The topological polar surface area (TPSA) is 78.9 Å². The summed E-state index contributed by atoms with van der Waals surface area (Å²) in [6.07, 6.45) is 11.5. The molecule has 0 aromatic rings. The third-order valence-electron chi connectivity index (χ3n) is 14.8. The normalized spacial score (nSPS) is 44.6. The van der Waals surface area contributed by atoms with Crippen LogP contribution < -0.4 is 0 Å². The van der Waals surface area contributed by atoms with E-state index in [1.807, 2.05) is 0 Å². The van der Waals surface area contributed by atoms with Gasteiger partial charge < -0.3 is 14.2 Å². The number of fused-ring (bicyclic) bond motifs is 7. The van der Waals surface area contributed by atoms with Gasteiger partial charge in [-0.3, -0.25) is 14.4 Å². The van der Waals surface area contributed by atoms with Crippen molar-refractivity contribution in [3.05, 3.63) is 12.2 Å². The zero-order valence-corrected chi connectivity index (χ0v) is 28.3. The number of rotatable bonds is 7. The minimum Gasteiger partial charge on any atom is -0.469 e. The number of allylic oxidation sites excluding steroid dienone is 1. The van der Waals surface area contributed by atoms with E-state index in [2.05, 4.69) is 48.1 Å². The van der Waals surface area contributed by atoms with Crippen LogP contribution in [0.15, 0.2) is 12.2 Å². The lowest BCUT2D eigenvalue weighted by atomic mass is 9.32. The van der Waals surface area contributed by atoms with Crippen LogP contribution in [0.3, 0.4) is 0 Å². The number of carbonyl (C=O) groups excluding carboxylic acids is 3.